The number of aromatic nitrogens is 1. The fourth-order valence-corrected chi connectivity index (χ4v) is 1.78. The van der Waals surface area contributed by atoms with Gasteiger partial charge in [0.2, 0.25) is 0 Å². The Bertz CT molecular complexity index is 413. The number of aliphatic hydroxyl groups is 1. The van der Waals surface area contributed by atoms with E-state index in [2.05, 4.69) is 4.98 Å². The molecule has 0 fully saturated rings. The zero-order chi connectivity index (χ0) is 13.5. The van der Waals surface area contributed by atoms with Crippen molar-refractivity contribution < 1.29 is 9.90 Å². The van der Waals surface area contributed by atoms with Crippen LogP contribution in [0.3, 0.4) is 0 Å². The summed E-state index contributed by atoms with van der Waals surface area (Å²) in [6.07, 6.45) is 3.27. The molecule has 0 saturated carbocycles. The molecule has 1 amide bonds. The van der Waals surface area contributed by atoms with Gasteiger partial charge in [-0.25, -0.2) is 4.98 Å². The molecule has 100 valence electrons. The molecular weight excluding hydrogens is 275 g/mol. The van der Waals surface area contributed by atoms with Gasteiger partial charge in [0.05, 0.1) is 17.2 Å². The van der Waals surface area contributed by atoms with E-state index in [1.165, 1.54) is 12.3 Å². The molecule has 6 heteroatoms. The Kier molecular flexibility index (Phi) is 6.39. The summed E-state index contributed by atoms with van der Waals surface area (Å²) in [5, 5.41) is 9.40. The number of amides is 1. The molecule has 0 aliphatic heterocycles. The highest BCUT2D eigenvalue weighted by atomic mass is 35.5. The van der Waals surface area contributed by atoms with E-state index in [4.69, 9.17) is 28.3 Å². The molecule has 1 rings (SSSR count). The number of pyridine rings is 1. The lowest BCUT2D eigenvalue weighted by Gasteiger charge is -2.21. The molecule has 18 heavy (non-hydrogen) atoms. The van der Waals surface area contributed by atoms with Crippen LogP contribution >= 0.6 is 23.2 Å². The Labute approximate surface area is 117 Å². The monoisotopic (exact) mass is 290 g/mol. The number of carbonyl (C=O) groups excluding carboxylic acids is 1. The molecule has 0 saturated heterocycles. The summed E-state index contributed by atoms with van der Waals surface area (Å²) < 4.78 is 0. The number of halogens is 2. The Balaban J connectivity index is 2.83. The first-order valence-corrected chi connectivity index (χ1v) is 6.57. The van der Waals surface area contributed by atoms with Crippen molar-refractivity contribution in [1.82, 2.24) is 9.88 Å². The highest BCUT2D eigenvalue weighted by Gasteiger charge is 2.16. The fourth-order valence-electron chi connectivity index (χ4n) is 1.51. The van der Waals surface area contributed by atoms with Crippen LogP contribution in [0.5, 0.6) is 0 Å². The second-order valence-corrected chi connectivity index (χ2v) is 4.63. The van der Waals surface area contributed by atoms with Crippen molar-refractivity contribution in [3.05, 3.63) is 28.0 Å². The molecule has 0 unspecified atom stereocenters. The minimum atomic E-state index is -0.191. The number of carbonyl (C=O) groups is 1. The normalized spacial score (nSPS) is 10.4. The molecule has 0 atom stereocenters. The van der Waals surface area contributed by atoms with Crippen molar-refractivity contribution in [1.29, 1.82) is 0 Å². The Hall–Kier alpha value is -0.840. The molecule has 0 aromatic carbocycles. The van der Waals surface area contributed by atoms with Gasteiger partial charge in [-0.05, 0) is 12.5 Å². The molecule has 1 aromatic heterocycles. The number of aliphatic hydroxyl groups excluding tert-OH is 1. The molecule has 1 N–H and O–H groups in total. The molecule has 4 nitrogen and oxygen atoms in total. The summed E-state index contributed by atoms with van der Waals surface area (Å²) in [7, 11) is 0. The van der Waals surface area contributed by atoms with Gasteiger partial charge < -0.3 is 10.0 Å². The zero-order valence-electron chi connectivity index (χ0n) is 10.2. The highest BCUT2D eigenvalue weighted by Crippen LogP contribution is 2.20. The molecule has 0 spiro atoms. The van der Waals surface area contributed by atoms with Gasteiger partial charge in [-0.2, -0.15) is 0 Å². The lowest BCUT2D eigenvalue weighted by molar-refractivity contribution is 0.0719. The zero-order valence-corrected chi connectivity index (χ0v) is 11.7. The van der Waals surface area contributed by atoms with E-state index in [0.29, 0.717) is 18.7 Å². The maximum atomic E-state index is 12.2. The summed E-state index contributed by atoms with van der Waals surface area (Å²) >= 11 is 11.5. The number of unbranched alkanes of at least 4 members (excludes halogenated alkanes) is 1. The first-order valence-electron chi connectivity index (χ1n) is 5.81. The lowest BCUT2D eigenvalue weighted by atomic mass is 10.2. The van der Waals surface area contributed by atoms with Gasteiger partial charge >= 0.3 is 0 Å². The summed E-state index contributed by atoms with van der Waals surface area (Å²) in [6, 6.07) is 1.50. The van der Waals surface area contributed by atoms with Crippen LogP contribution in [0.2, 0.25) is 10.2 Å². The second kappa shape index (κ2) is 7.56. The predicted molar refractivity (Wildman–Crippen MR) is 72.2 cm³/mol. The van der Waals surface area contributed by atoms with E-state index in [9.17, 15) is 4.79 Å². The SMILES string of the molecule is CCCCN(CCO)C(=O)c1cnc(Cl)c(Cl)c1. The van der Waals surface area contributed by atoms with Crippen LogP contribution in [0, 0.1) is 0 Å². The van der Waals surface area contributed by atoms with E-state index in [1.807, 2.05) is 6.92 Å². The van der Waals surface area contributed by atoms with Crippen molar-refractivity contribution in [2.75, 3.05) is 19.7 Å². The van der Waals surface area contributed by atoms with Gasteiger partial charge in [0, 0.05) is 19.3 Å². The second-order valence-electron chi connectivity index (χ2n) is 3.87. The topological polar surface area (TPSA) is 53.4 Å². The maximum Gasteiger partial charge on any atom is 0.255 e. The maximum absolute atomic E-state index is 12.2. The van der Waals surface area contributed by atoms with Crippen LogP contribution in [0.15, 0.2) is 12.3 Å². The van der Waals surface area contributed by atoms with Gasteiger partial charge in [-0.1, -0.05) is 36.5 Å². The van der Waals surface area contributed by atoms with E-state index in [1.54, 1.807) is 4.90 Å². The standard InChI is InChI=1S/C12H16Cl2N2O2/c1-2-3-4-16(5-6-17)12(18)9-7-10(13)11(14)15-8-9/h7-8,17H,2-6H2,1H3. The third kappa shape index (κ3) is 4.12. The average Bonchev–Trinajstić information content (AvgIpc) is 2.37. The Morgan fingerprint density at radius 1 is 1.44 bits per heavy atom. The third-order valence-electron chi connectivity index (χ3n) is 2.48. The molecule has 0 aliphatic rings. The molecule has 1 heterocycles. The fraction of sp³-hybridized carbons (Fsp3) is 0.500. The Morgan fingerprint density at radius 2 is 2.17 bits per heavy atom. The van der Waals surface area contributed by atoms with Gasteiger partial charge in [0.25, 0.3) is 5.91 Å². The van der Waals surface area contributed by atoms with Crippen LogP contribution in [-0.4, -0.2) is 40.6 Å². The summed E-state index contributed by atoms with van der Waals surface area (Å²) in [6.45, 7) is 2.89. The number of hydrogen-bond donors (Lipinski definition) is 1. The number of rotatable bonds is 6. The molecule has 0 aliphatic carbocycles. The van der Waals surface area contributed by atoms with Crippen molar-refractivity contribution in [2.45, 2.75) is 19.8 Å². The minimum absolute atomic E-state index is 0.0653. The number of nitrogens with zero attached hydrogens (tertiary/aromatic N) is 2. The summed E-state index contributed by atoms with van der Waals surface area (Å²) in [5.74, 6) is -0.191. The van der Waals surface area contributed by atoms with Crippen molar-refractivity contribution in [3.63, 3.8) is 0 Å². The van der Waals surface area contributed by atoms with E-state index < -0.39 is 0 Å². The third-order valence-corrected chi connectivity index (χ3v) is 3.17. The molecule has 0 bridgehead atoms. The van der Waals surface area contributed by atoms with Crippen molar-refractivity contribution >= 4 is 29.1 Å². The Morgan fingerprint density at radius 3 is 2.72 bits per heavy atom. The first-order chi connectivity index (χ1) is 8.60. The lowest BCUT2D eigenvalue weighted by Crippen LogP contribution is -2.34. The molecular formula is C12H16Cl2N2O2. The van der Waals surface area contributed by atoms with Crippen molar-refractivity contribution in [2.24, 2.45) is 0 Å². The summed E-state index contributed by atoms with van der Waals surface area (Å²) in [4.78, 5) is 17.6. The van der Waals surface area contributed by atoms with Gasteiger partial charge in [0.15, 0.2) is 0 Å². The van der Waals surface area contributed by atoms with Crippen LogP contribution in [-0.2, 0) is 0 Å². The minimum Gasteiger partial charge on any atom is -0.395 e. The van der Waals surface area contributed by atoms with Gasteiger partial charge in [-0.3, -0.25) is 4.79 Å². The molecule has 1 aromatic rings. The predicted octanol–water partition coefficient (Wildman–Crippen LogP) is 2.62. The first kappa shape index (κ1) is 15.2. The van der Waals surface area contributed by atoms with Gasteiger partial charge in [-0.15, -0.1) is 0 Å². The van der Waals surface area contributed by atoms with Crippen LogP contribution < -0.4 is 0 Å². The average molecular weight is 291 g/mol. The quantitative estimate of drug-likeness (QED) is 0.820. The highest BCUT2D eigenvalue weighted by molar-refractivity contribution is 6.41. The largest absolute Gasteiger partial charge is 0.395 e. The van der Waals surface area contributed by atoms with E-state index in [0.717, 1.165) is 12.8 Å². The number of hydrogen-bond acceptors (Lipinski definition) is 3. The summed E-state index contributed by atoms with van der Waals surface area (Å²) in [5.41, 5.74) is 0.383. The van der Waals surface area contributed by atoms with E-state index in [-0.39, 0.29) is 22.7 Å². The molecule has 0 radical (unpaired) electrons. The smallest absolute Gasteiger partial charge is 0.255 e. The van der Waals surface area contributed by atoms with Crippen LogP contribution in [0.25, 0.3) is 0 Å². The van der Waals surface area contributed by atoms with E-state index >= 15 is 0 Å². The van der Waals surface area contributed by atoms with Crippen LogP contribution in [0.4, 0.5) is 0 Å². The van der Waals surface area contributed by atoms with Gasteiger partial charge in [0.1, 0.15) is 5.15 Å². The van der Waals surface area contributed by atoms with Crippen molar-refractivity contribution in [3.8, 4) is 0 Å². The van der Waals surface area contributed by atoms with Crippen LogP contribution in [0.1, 0.15) is 30.1 Å².